The van der Waals surface area contributed by atoms with Crippen molar-refractivity contribution in [2.45, 2.75) is 113 Å². The van der Waals surface area contributed by atoms with E-state index in [2.05, 4.69) is 39.2 Å². The average Bonchev–Trinajstić information content (AvgIpc) is 3.08. The second-order valence-electron chi connectivity index (χ2n) is 11.6. The van der Waals surface area contributed by atoms with Gasteiger partial charge in [-0.3, -0.25) is 24.0 Å². The maximum Gasteiger partial charge on any atom is 0.245 e. The lowest BCUT2D eigenvalue weighted by atomic mass is 10.0. The fraction of sp³-hybridized carbons (Fsp3) is 0.800. The Morgan fingerprint density at radius 1 is 0.542 bits per heavy atom. The van der Waals surface area contributed by atoms with Gasteiger partial charge in [0.1, 0.15) is 30.5 Å². The van der Waals surface area contributed by atoms with Gasteiger partial charge in [0, 0.05) is 5.75 Å². The number of amides is 5. The third kappa shape index (κ3) is 19.2. The molecule has 0 heterocycles. The van der Waals surface area contributed by atoms with Crippen LogP contribution in [0.3, 0.4) is 0 Å². The van der Waals surface area contributed by atoms with E-state index in [9.17, 15) is 33.9 Å². The van der Waals surface area contributed by atoms with Crippen LogP contribution in [0, 0.1) is 0 Å². The lowest BCUT2D eigenvalue weighted by molar-refractivity contribution is -0.135. The number of rotatable bonds is 29. The highest BCUT2D eigenvalue weighted by molar-refractivity contribution is 7.80. The zero-order chi connectivity index (χ0) is 36.3. The van der Waals surface area contributed by atoms with E-state index in [-0.39, 0.29) is 25.0 Å². The van der Waals surface area contributed by atoms with Crippen molar-refractivity contribution in [1.82, 2.24) is 26.6 Å². The van der Waals surface area contributed by atoms with Gasteiger partial charge in [0.05, 0.1) is 18.7 Å². The molecule has 0 spiro atoms. The average molecular weight is 705 g/mol. The van der Waals surface area contributed by atoms with Crippen LogP contribution in [-0.2, 0) is 28.8 Å². The lowest BCUT2D eigenvalue weighted by Gasteiger charge is -2.27. The minimum Gasteiger partial charge on any atom is -0.394 e. The van der Waals surface area contributed by atoms with Gasteiger partial charge in [-0.2, -0.15) is 12.6 Å². The molecule has 278 valence electrons. The van der Waals surface area contributed by atoms with Gasteiger partial charge in [0.25, 0.3) is 0 Å². The van der Waals surface area contributed by atoms with Crippen molar-refractivity contribution >= 4 is 48.5 Å². The van der Waals surface area contributed by atoms with Crippen molar-refractivity contribution in [2.24, 2.45) is 28.7 Å². The highest BCUT2D eigenvalue weighted by Crippen LogP contribution is 2.09. The highest BCUT2D eigenvalue weighted by Gasteiger charge is 2.31. The van der Waals surface area contributed by atoms with E-state index in [0.29, 0.717) is 90.3 Å². The molecule has 17 nitrogen and oxygen atoms in total. The number of carbonyl (C=O) groups is 6. The standard InChI is InChI=1S/C30H60N10O7S/c31-13-5-1-9-20(17-41)36-27(44)22(10-2-6-14-32)37-28(45)23(11-3-7-15-33)38-29(46)24(12-4-8-16-34)39-30(47)25(18-42)40-26(43)21(35)19-48/h17,20-25,42,48H,1-16,18-19,31-35H2,(H,36,44)(H,37,45)(H,38,46)(H,39,47)(H,40,43)/t20-,21+,22-,23-,24-,25-/m0/s1. The number of hydrogen-bond donors (Lipinski definition) is 12. The normalized spacial score (nSPS) is 14.8. The summed E-state index contributed by atoms with van der Waals surface area (Å²) in [7, 11) is 0. The zero-order valence-corrected chi connectivity index (χ0v) is 28.9. The predicted octanol–water partition coefficient (Wildman–Crippen LogP) is -3.63. The number of nitrogens with two attached hydrogens (primary N) is 5. The molecule has 0 radical (unpaired) electrons. The Morgan fingerprint density at radius 2 is 0.875 bits per heavy atom. The minimum absolute atomic E-state index is 0.00529. The van der Waals surface area contributed by atoms with Crippen LogP contribution < -0.4 is 55.3 Å². The van der Waals surface area contributed by atoms with Crippen molar-refractivity contribution in [3.05, 3.63) is 0 Å². The first kappa shape index (κ1) is 45.1. The third-order valence-electron chi connectivity index (χ3n) is 7.55. The summed E-state index contributed by atoms with van der Waals surface area (Å²) in [6.07, 6.45) is 6.10. The summed E-state index contributed by atoms with van der Waals surface area (Å²) in [4.78, 5) is 77.2. The number of unbranched alkanes of at least 4 members (excludes halogenated alkanes) is 4. The van der Waals surface area contributed by atoms with Crippen LogP contribution in [0.4, 0.5) is 0 Å². The topological polar surface area (TPSA) is 313 Å². The van der Waals surface area contributed by atoms with Crippen molar-refractivity contribution in [1.29, 1.82) is 0 Å². The zero-order valence-electron chi connectivity index (χ0n) is 28.0. The first-order valence-corrected chi connectivity index (χ1v) is 17.4. The van der Waals surface area contributed by atoms with Crippen LogP contribution in [0.2, 0.25) is 0 Å². The van der Waals surface area contributed by atoms with Crippen LogP contribution in [-0.4, -0.2) is 116 Å². The molecule has 48 heavy (non-hydrogen) atoms. The smallest absolute Gasteiger partial charge is 0.245 e. The molecule has 0 aromatic heterocycles. The van der Waals surface area contributed by atoms with E-state index in [1.54, 1.807) is 0 Å². The molecule has 0 rings (SSSR count). The van der Waals surface area contributed by atoms with E-state index < -0.39 is 72.4 Å². The summed E-state index contributed by atoms with van der Waals surface area (Å²) in [6.45, 7) is 0.775. The fourth-order valence-electron chi connectivity index (χ4n) is 4.62. The Labute approximate surface area is 289 Å². The van der Waals surface area contributed by atoms with Gasteiger partial charge in [-0.25, -0.2) is 0 Å². The van der Waals surface area contributed by atoms with Gasteiger partial charge >= 0.3 is 0 Å². The summed E-state index contributed by atoms with van der Waals surface area (Å²) in [5, 5.41) is 22.7. The van der Waals surface area contributed by atoms with E-state index >= 15 is 0 Å². The van der Waals surface area contributed by atoms with Crippen molar-refractivity contribution in [3.63, 3.8) is 0 Å². The van der Waals surface area contributed by atoms with Gasteiger partial charge in [-0.05, 0) is 103 Å². The van der Waals surface area contributed by atoms with Crippen molar-refractivity contribution < 1.29 is 33.9 Å². The Hall–Kier alpha value is -2.87. The molecule has 0 saturated heterocycles. The molecule has 0 aromatic carbocycles. The molecule has 0 aromatic rings. The summed E-state index contributed by atoms with van der Waals surface area (Å²) < 4.78 is 0. The predicted molar refractivity (Wildman–Crippen MR) is 186 cm³/mol. The summed E-state index contributed by atoms with van der Waals surface area (Å²) in [5.41, 5.74) is 28.1. The molecular formula is C30H60N10O7S. The third-order valence-corrected chi connectivity index (χ3v) is 7.94. The molecule has 6 atom stereocenters. The van der Waals surface area contributed by atoms with E-state index in [0.717, 1.165) is 0 Å². The number of carbonyl (C=O) groups excluding carboxylic acids is 6. The minimum atomic E-state index is -1.39. The lowest BCUT2D eigenvalue weighted by Crippen LogP contribution is -2.59. The molecule has 16 N–H and O–H groups in total. The number of nitrogens with one attached hydrogen (secondary N) is 5. The second-order valence-corrected chi connectivity index (χ2v) is 12.0. The van der Waals surface area contributed by atoms with Crippen LogP contribution in [0.25, 0.3) is 0 Å². The summed E-state index contributed by atoms with van der Waals surface area (Å²) >= 11 is 3.96. The van der Waals surface area contributed by atoms with Crippen molar-refractivity contribution in [2.75, 3.05) is 38.5 Å². The van der Waals surface area contributed by atoms with Gasteiger partial charge in [0.15, 0.2) is 0 Å². The first-order chi connectivity index (χ1) is 23.0. The van der Waals surface area contributed by atoms with Crippen LogP contribution >= 0.6 is 12.6 Å². The van der Waals surface area contributed by atoms with Crippen LogP contribution in [0.15, 0.2) is 0 Å². The largest absolute Gasteiger partial charge is 0.394 e. The molecule has 0 bridgehead atoms. The van der Waals surface area contributed by atoms with E-state index in [4.69, 9.17) is 28.7 Å². The Balaban J connectivity index is 5.98. The van der Waals surface area contributed by atoms with Gasteiger partial charge in [-0.15, -0.1) is 0 Å². The SMILES string of the molecule is NCCCC[C@@H](C=O)NC(=O)[C@H](CCCCN)NC(=O)[C@H](CCCCN)NC(=O)[C@H](CCCCN)NC(=O)[C@H](CO)NC(=O)[C@H](N)CS. The molecule has 0 saturated carbocycles. The summed E-state index contributed by atoms with van der Waals surface area (Å²) in [6, 6.07) is -6.42. The highest BCUT2D eigenvalue weighted by atomic mass is 32.1. The molecule has 0 aliphatic heterocycles. The maximum absolute atomic E-state index is 13.6. The maximum atomic E-state index is 13.6. The molecule has 0 aliphatic carbocycles. The monoisotopic (exact) mass is 704 g/mol. The Kier molecular flexibility index (Phi) is 26.3. The number of thiol groups is 1. The molecule has 0 fully saturated rings. The van der Waals surface area contributed by atoms with E-state index in [1.165, 1.54) is 0 Å². The number of aldehydes is 1. The van der Waals surface area contributed by atoms with Crippen LogP contribution in [0.1, 0.15) is 77.0 Å². The summed E-state index contributed by atoms with van der Waals surface area (Å²) in [5.74, 6) is -3.40. The molecule has 5 amide bonds. The first-order valence-electron chi connectivity index (χ1n) is 16.8. The molecule has 0 aliphatic rings. The number of aliphatic hydroxyl groups is 1. The van der Waals surface area contributed by atoms with Crippen molar-refractivity contribution in [3.8, 4) is 0 Å². The quantitative estimate of drug-likeness (QED) is 0.0204. The Morgan fingerprint density at radius 3 is 1.21 bits per heavy atom. The van der Waals surface area contributed by atoms with Gasteiger partial charge in [0.2, 0.25) is 29.5 Å². The number of aliphatic hydroxyl groups excluding tert-OH is 1. The molecule has 0 unspecified atom stereocenters. The van der Waals surface area contributed by atoms with E-state index in [1.807, 2.05) is 0 Å². The molecular weight excluding hydrogens is 644 g/mol. The van der Waals surface area contributed by atoms with Gasteiger partial charge < -0.3 is 65.2 Å². The second kappa shape index (κ2) is 28.0. The fourth-order valence-corrected chi connectivity index (χ4v) is 4.79. The Bertz CT molecular complexity index is 965. The van der Waals surface area contributed by atoms with Crippen LogP contribution in [0.5, 0.6) is 0 Å². The molecule has 18 heteroatoms. The number of hydrogen-bond acceptors (Lipinski definition) is 13. The van der Waals surface area contributed by atoms with Gasteiger partial charge in [-0.1, -0.05) is 0 Å².